The second-order valence-corrected chi connectivity index (χ2v) is 5.36. The minimum atomic E-state index is -0.569. The summed E-state index contributed by atoms with van der Waals surface area (Å²) in [6.07, 6.45) is 0.371. The van der Waals surface area contributed by atoms with Gasteiger partial charge in [-0.15, -0.1) is 5.10 Å². The molecular weight excluding hydrogens is 238 g/mol. The van der Waals surface area contributed by atoms with Crippen molar-refractivity contribution < 1.29 is 13.9 Å². The van der Waals surface area contributed by atoms with Gasteiger partial charge in [-0.2, -0.15) is 0 Å². The standard InChI is InChI=1S/C11H17N3O4/c1-11(2,3)18-10(16)14-5-4-7(6-14)8-12-13-9(15)17-8/h7H,4-6H2,1-3H3,(H,13,15). The fourth-order valence-electron chi connectivity index (χ4n) is 1.87. The van der Waals surface area contributed by atoms with Crippen molar-refractivity contribution >= 4 is 6.09 Å². The SMILES string of the molecule is CC(C)(C)OC(=O)N1CCC(c2n[nH]c(=O)o2)C1. The Morgan fingerprint density at radius 1 is 1.56 bits per heavy atom. The largest absolute Gasteiger partial charge is 0.444 e. The molecule has 0 bridgehead atoms. The van der Waals surface area contributed by atoms with Gasteiger partial charge in [-0.3, -0.25) is 0 Å². The van der Waals surface area contributed by atoms with Crippen LogP contribution >= 0.6 is 0 Å². The average Bonchev–Trinajstić information content (AvgIpc) is 2.82. The molecule has 18 heavy (non-hydrogen) atoms. The summed E-state index contributed by atoms with van der Waals surface area (Å²) in [6, 6.07) is 0. The lowest BCUT2D eigenvalue weighted by atomic mass is 10.1. The van der Waals surface area contributed by atoms with E-state index in [1.54, 1.807) is 4.90 Å². The Kier molecular flexibility index (Phi) is 3.14. The zero-order valence-electron chi connectivity index (χ0n) is 10.7. The van der Waals surface area contributed by atoms with E-state index in [9.17, 15) is 9.59 Å². The normalized spacial score (nSPS) is 20.2. The van der Waals surface area contributed by atoms with Crippen LogP contribution in [0.3, 0.4) is 0 Å². The first kappa shape index (κ1) is 12.7. The van der Waals surface area contributed by atoms with Crippen molar-refractivity contribution in [1.29, 1.82) is 0 Å². The summed E-state index contributed by atoms with van der Waals surface area (Å²) in [5, 5.41) is 6.00. The topological polar surface area (TPSA) is 88.4 Å². The number of hydrogen-bond donors (Lipinski definition) is 1. The maximum absolute atomic E-state index is 11.8. The molecule has 0 saturated carbocycles. The molecule has 2 rings (SSSR count). The molecule has 1 atom stereocenters. The van der Waals surface area contributed by atoms with Crippen LogP contribution in [0.25, 0.3) is 0 Å². The minimum absolute atomic E-state index is 0.0449. The first-order valence-electron chi connectivity index (χ1n) is 5.88. The maximum atomic E-state index is 11.8. The number of aromatic nitrogens is 2. The lowest BCUT2D eigenvalue weighted by molar-refractivity contribution is 0.0291. The summed E-state index contributed by atoms with van der Waals surface area (Å²) in [4.78, 5) is 24.3. The summed E-state index contributed by atoms with van der Waals surface area (Å²) in [7, 11) is 0. The number of likely N-dealkylation sites (tertiary alicyclic amines) is 1. The van der Waals surface area contributed by atoms with Gasteiger partial charge in [-0.1, -0.05) is 0 Å². The van der Waals surface area contributed by atoms with Gasteiger partial charge in [0.2, 0.25) is 5.89 Å². The number of amides is 1. The average molecular weight is 255 g/mol. The smallest absolute Gasteiger partial charge is 0.434 e. The third kappa shape index (κ3) is 2.91. The first-order valence-corrected chi connectivity index (χ1v) is 5.88. The van der Waals surface area contributed by atoms with Crippen molar-refractivity contribution in [1.82, 2.24) is 15.1 Å². The summed E-state index contributed by atoms with van der Waals surface area (Å²) < 4.78 is 10.2. The van der Waals surface area contributed by atoms with Crippen LogP contribution in [0, 0.1) is 0 Å². The predicted molar refractivity (Wildman–Crippen MR) is 62.3 cm³/mol. The van der Waals surface area contributed by atoms with Gasteiger partial charge < -0.3 is 14.1 Å². The molecule has 7 heteroatoms. The molecule has 100 valence electrons. The molecule has 0 radical (unpaired) electrons. The Morgan fingerprint density at radius 2 is 2.28 bits per heavy atom. The van der Waals surface area contributed by atoms with Crippen molar-refractivity contribution in [3.63, 3.8) is 0 Å². The van der Waals surface area contributed by atoms with E-state index in [2.05, 4.69) is 10.2 Å². The van der Waals surface area contributed by atoms with E-state index in [0.29, 0.717) is 25.4 Å². The molecule has 1 N–H and O–H groups in total. The number of nitrogens with one attached hydrogen (secondary N) is 1. The molecular formula is C11H17N3O4. The number of carbonyl (C=O) groups is 1. The lowest BCUT2D eigenvalue weighted by Crippen LogP contribution is -2.35. The van der Waals surface area contributed by atoms with Gasteiger partial charge in [-0.25, -0.2) is 14.7 Å². The van der Waals surface area contributed by atoms with Crippen LogP contribution in [0.2, 0.25) is 0 Å². The highest BCUT2D eigenvalue weighted by Crippen LogP contribution is 2.26. The fourth-order valence-corrected chi connectivity index (χ4v) is 1.87. The number of H-pyrrole nitrogens is 1. The van der Waals surface area contributed by atoms with E-state index < -0.39 is 11.4 Å². The zero-order chi connectivity index (χ0) is 13.3. The highest BCUT2D eigenvalue weighted by molar-refractivity contribution is 5.68. The Hall–Kier alpha value is -1.79. The Bertz CT molecular complexity index is 485. The van der Waals surface area contributed by atoms with E-state index in [1.165, 1.54) is 0 Å². The quantitative estimate of drug-likeness (QED) is 0.811. The van der Waals surface area contributed by atoms with E-state index in [4.69, 9.17) is 9.15 Å². The molecule has 1 aromatic heterocycles. The molecule has 1 aliphatic rings. The molecule has 2 heterocycles. The number of rotatable bonds is 1. The fraction of sp³-hybridized carbons (Fsp3) is 0.727. The minimum Gasteiger partial charge on any atom is -0.444 e. The van der Waals surface area contributed by atoms with Crippen LogP contribution in [0.1, 0.15) is 39.0 Å². The summed E-state index contributed by atoms with van der Waals surface area (Å²) in [6.45, 7) is 6.51. The van der Waals surface area contributed by atoms with Gasteiger partial charge in [0, 0.05) is 13.1 Å². The predicted octanol–water partition coefficient (Wildman–Crippen LogP) is 1.09. The van der Waals surface area contributed by atoms with Crippen LogP contribution in [-0.4, -0.2) is 39.9 Å². The third-order valence-corrected chi connectivity index (χ3v) is 2.64. The van der Waals surface area contributed by atoms with Gasteiger partial charge in [0.1, 0.15) is 5.60 Å². The van der Waals surface area contributed by atoms with Crippen molar-refractivity contribution in [2.24, 2.45) is 0 Å². The van der Waals surface area contributed by atoms with Gasteiger partial charge in [0.15, 0.2) is 0 Å². The van der Waals surface area contributed by atoms with Gasteiger partial charge in [0.25, 0.3) is 0 Å². The van der Waals surface area contributed by atoms with Crippen molar-refractivity contribution in [2.45, 2.75) is 38.7 Å². The van der Waals surface area contributed by atoms with Crippen LogP contribution in [0.15, 0.2) is 9.21 Å². The van der Waals surface area contributed by atoms with Gasteiger partial charge in [0.05, 0.1) is 5.92 Å². The Balaban J connectivity index is 1.96. The second-order valence-electron chi connectivity index (χ2n) is 5.36. The zero-order valence-corrected chi connectivity index (χ0v) is 10.7. The Morgan fingerprint density at radius 3 is 2.83 bits per heavy atom. The lowest BCUT2D eigenvalue weighted by Gasteiger charge is -2.24. The molecule has 1 aliphatic heterocycles. The van der Waals surface area contributed by atoms with Crippen LogP contribution < -0.4 is 5.76 Å². The second kappa shape index (κ2) is 4.47. The van der Waals surface area contributed by atoms with Crippen LogP contribution in [0.5, 0.6) is 0 Å². The number of nitrogens with zero attached hydrogens (tertiary/aromatic N) is 2. The molecule has 1 unspecified atom stereocenters. The van der Waals surface area contributed by atoms with Gasteiger partial charge >= 0.3 is 11.8 Å². The Labute approximate surface area is 104 Å². The third-order valence-electron chi connectivity index (χ3n) is 2.64. The maximum Gasteiger partial charge on any atom is 0.434 e. The molecule has 7 nitrogen and oxygen atoms in total. The number of aromatic amines is 1. The summed E-state index contributed by atoms with van der Waals surface area (Å²) in [5.41, 5.74) is -0.506. The van der Waals surface area contributed by atoms with E-state index >= 15 is 0 Å². The molecule has 1 fully saturated rings. The number of hydrogen-bond acceptors (Lipinski definition) is 5. The summed E-state index contributed by atoms with van der Waals surface area (Å²) >= 11 is 0. The monoisotopic (exact) mass is 255 g/mol. The van der Waals surface area contributed by atoms with E-state index in [0.717, 1.165) is 0 Å². The molecule has 0 spiro atoms. The van der Waals surface area contributed by atoms with Crippen molar-refractivity contribution in [2.75, 3.05) is 13.1 Å². The van der Waals surface area contributed by atoms with E-state index in [-0.39, 0.29) is 12.0 Å². The van der Waals surface area contributed by atoms with E-state index in [1.807, 2.05) is 20.8 Å². The molecule has 1 saturated heterocycles. The highest BCUT2D eigenvalue weighted by Gasteiger charge is 2.32. The van der Waals surface area contributed by atoms with Crippen LogP contribution in [-0.2, 0) is 4.74 Å². The number of ether oxygens (including phenoxy) is 1. The first-order chi connectivity index (χ1) is 8.35. The molecule has 0 aromatic carbocycles. The van der Waals surface area contributed by atoms with Gasteiger partial charge in [-0.05, 0) is 27.2 Å². The van der Waals surface area contributed by atoms with Crippen LogP contribution in [0.4, 0.5) is 4.79 Å². The van der Waals surface area contributed by atoms with Crippen molar-refractivity contribution in [3.05, 3.63) is 16.4 Å². The summed E-state index contributed by atoms with van der Waals surface area (Å²) in [5.74, 6) is -0.261. The molecule has 1 aromatic rings. The highest BCUT2D eigenvalue weighted by atomic mass is 16.6. The molecule has 0 aliphatic carbocycles. The van der Waals surface area contributed by atoms with Crippen molar-refractivity contribution in [3.8, 4) is 0 Å². The number of carbonyl (C=O) groups excluding carboxylic acids is 1. The molecule has 1 amide bonds.